The van der Waals surface area contributed by atoms with Crippen LogP contribution >= 0.6 is 0 Å². The average Bonchev–Trinajstić information content (AvgIpc) is 2.41. The van der Waals surface area contributed by atoms with E-state index in [0.29, 0.717) is 11.4 Å². The predicted octanol–water partition coefficient (Wildman–Crippen LogP) is 0.0568. The summed E-state index contributed by atoms with van der Waals surface area (Å²) in [7, 11) is -3.45. The minimum absolute atomic E-state index is 0.0991. The summed E-state index contributed by atoms with van der Waals surface area (Å²) in [6.45, 7) is 2.38. The highest BCUT2D eigenvalue weighted by atomic mass is 32.2. The van der Waals surface area contributed by atoms with Gasteiger partial charge < -0.3 is 5.73 Å². The third-order valence-corrected chi connectivity index (χ3v) is 4.05. The summed E-state index contributed by atoms with van der Waals surface area (Å²) >= 11 is 0. The van der Waals surface area contributed by atoms with Crippen LogP contribution in [0.25, 0.3) is 0 Å². The highest BCUT2D eigenvalue weighted by molar-refractivity contribution is 7.94. The molecule has 2 heterocycles. The van der Waals surface area contributed by atoms with Crippen LogP contribution in [0.5, 0.6) is 0 Å². The van der Waals surface area contributed by atoms with Crippen LogP contribution in [0.3, 0.4) is 0 Å². The van der Waals surface area contributed by atoms with Gasteiger partial charge in [-0.3, -0.25) is 4.90 Å². The second kappa shape index (κ2) is 3.94. The van der Waals surface area contributed by atoms with Gasteiger partial charge >= 0.3 is 0 Å². The van der Waals surface area contributed by atoms with Gasteiger partial charge in [-0.2, -0.15) is 8.42 Å². The molecule has 0 unspecified atom stereocenters. The molecule has 2 rings (SSSR count). The lowest BCUT2D eigenvalue weighted by atomic mass is 10.1. The second-order valence-corrected chi connectivity index (χ2v) is 5.60. The molecule has 0 aromatic rings. The Kier molecular flexibility index (Phi) is 2.79. The molecule has 0 bridgehead atoms. The van der Waals surface area contributed by atoms with E-state index < -0.39 is 10.0 Å². The first-order valence-corrected chi connectivity index (χ1v) is 6.55. The van der Waals surface area contributed by atoms with Gasteiger partial charge in [0, 0.05) is 6.54 Å². The van der Waals surface area contributed by atoms with Crippen LogP contribution in [0.4, 0.5) is 0 Å². The van der Waals surface area contributed by atoms with Crippen LogP contribution in [-0.2, 0) is 10.0 Å². The van der Waals surface area contributed by atoms with Crippen molar-refractivity contribution in [1.82, 2.24) is 4.90 Å². The Bertz CT molecular complexity index is 405. The molecule has 0 aromatic carbocycles. The van der Waals surface area contributed by atoms with Crippen molar-refractivity contribution >= 4 is 15.9 Å². The Labute approximate surface area is 89.7 Å². The van der Waals surface area contributed by atoms with E-state index in [9.17, 15) is 8.42 Å². The molecule has 2 N–H and O–H groups in total. The van der Waals surface area contributed by atoms with Crippen molar-refractivity contribution < 1.29 is 8.42 Å². The molecule has 0 amide bonds. The van der Waals surface area contributed by atoms with Crippen LogP contribution in [0.1, 0.15) is 19.3 Å². The third kappa shape index (κ3) is 2.38. The maximum absolute atomic E-state index is 11.5. The fraction of sp³-hybridized carbons (Fsp3) is 0.667. The molecule has 0 spiro atoms. The van der Waals surface area contributed by atoms with Gasteiger partial charge in [0.15, 0.2) is 0 Å². The molecule has 0 saturated carbocycles. The molecule has 0 aliphatic carbocycles. The van der Waals surface area contributed by atoms with Crippen LogP contribution in [0.2, 0.25) is 0 Å². The first-order chi connectivity index (χ1) is 7.08. The molecule has 1 saturated heterocycles. The summed E-state index contributed by atoms with van der Waals surface area (Å²) in [5, 5.41) is 0. The van der Waals surface area contributed by atoms with E-state index in [1.165, 1.54) is 12.5 Å². The monoisotopic (exact) mass is 229 g/mol. The molecule has 2 aliphatic rings. The number of nitrogens with zero attached hydrogens (tertiary/aromatic N) is 2. The lowest BCUT2D eigenvalue weighted by molar-refractivity contribution is 0.249. The quantitative estimate of drug-likeness (QED) is 0.726. The summed E-state index contributed by atoms with van der Waals surface area (Å²) in [6.07, 6.45) is 4.98. The molecule has 0 atom stereocenters. The van der Waals surface area contributed by atoms with Gasteiger partial charge in [-0.25, -0.2) is 0 Å². The molecule has 1 fully saturated rings. The van der Waals surface area contributed by atoms with E-state index in [2.05, 4.69) is 9.30 Å². The zero-order chi connectivity index (χ0) is 10.9. The molecule has 5 nitrogen and oxygen atoms in total. The minimum Gasteiger partial charge on any atom is -0.383 e. The number of amidine groups is 1. The Morgan fingerprint density at radius 1 is 1.33 bits per heavy atom. The number of nitrogens with two attached hydrogens (primary N) is 1. The van der Waals surface area contributed by atoms with Crippen LogP contribution in [0.15, 0.2) is 15.4 Å². The molecule has 2 aliphatic heterocycles. The van der Waals surface area contributed by atoms with Crippen molar-refractivity contribution in [1.29, 1.82) is 0 Å². The smallest absolute Gasteiger partial charge is 0.281 e. The van der Waals surface area contributed by atoms with Gasteiger partial charge in [0.2, 0.25) is 0 Å². The van der Waals surface area contributed by atoms with Gasteiger partial charge in [-0.15, -0.1) is 4.40 Å². The number of sulfonamides is 1. The Morgan fingerprint density at radius 3 is 2.53 bits per heavy atom. The van der Waals surface area contributed by atoms with Crippen molar-refractivity contribution in [3.8, 4) is 0 Å². The highest BCUT2D eigenvalue weighted by Gasteiger charge is 2.25. The molecule has 0 aromatic heterocycles. The van der Waals surface area contributed by atoms with E-state index in [-0.39, 0.29) is 5.84 Å². The first-order valence-electron chi connectivity index (χ1n) is 5.11. The largest absolute Gasteiger partial charge is 0.383 e. The predicted molar refractivity (Wildman–Crippen MR) is 58.9 cm³/mol. The van der Waals surface area contributed by atoms with Crippen molar-refractivity contribution in [3.63, 3.8) is 0 Å². The third-order valence-electron chi connectivity index (χ3n) is 2.69. The van der Waals surface area contributed by atoms with Crippen molar-refractivity contribution in [2.24, 2.45) is 10.1 Å². The highest BCUT2D eigenvalue weighted by Crippen LogP contribution is 2.18. The van der Waals surface area contributed by atoms with Crippen molar-refractivity contribution in [2.75, 3.05) is 19.6 Å². The number of hydrogen-bond acceptors (Lipinski definition) is 4. The summed E-state index contributed by atoms with van der Waals surface area (Å²) < 4.78 is 26.4. The maximum Gasteiger partial charge on any atom is 0.281 e. The van der Waals surface area contributed by atoms with Gasteiger partial charge in [-0.1, -0.05) is 6.42 Å². The SMILES string of the molecule is NC1=NS(=O)(=O)C(CN2CCCCC2)=C1. The van der Waals surface area contributed by atoms with E-state index >= 15 is 0 Å². The van der Waals surface area contributed by atoms with Crippen molar-refractivity contribution in [3.05, 3.63) is 11.0 Å². The molecule has 6 heteroatoms. The van der Waals surface area contributed by atoms with E-state index in [1.54, 1.807) is 0 Å². The number of piperidine rings is 1. The lowest BCUT2D eigenvalue weighted by Crippen LogP contribution is -2.32. The van der Waals surface area contributed by atoms with Crippen LogP contribution in [-0.4, -0.2) is 38.8 Å². The zero-order valence-corrected chi connectivity index (χ0v) is 9.33. The fourth-order valence-electron chi connectivity index (χ4n) is 1.93. The molecule has 0 radical (unpaired) electrons. The Hall–Kier alpha value is -0.880. The number of hydrogen-bond donors (Lipinski definition) is 1. The second-order valence-electron chi connectivity index (χ2n) is 3.94. The van der Waals surface area contributed by atoms with Gasteiger partial charge in [-0.05, 0) is 32.0 Å². The van der Waals surface area contributed by atoms with Crippen LogP contribution < -0.4 is 5.73 Å². The van der Waals surface area contributed by atoms with Crippen molar-refractivity contribution in [2.45, 2.75) is 19.3 Å². The first kappa shape index (κ1) is 10.6. The molecular formula is C9H15N3O2S. The maximum atomic E-state index is 11.5. The van der Waals surface area contributed by atoms with E-state index in [1.807, 2.05) is 0 Å². The Balaban J connectivity index is 2.04. The molecule has 84 valence electrons. The standard InChI is InChI=1S/C9H15N3O2S/c10-9-6-8(15(13,14)11-9)7-12-4-2-1-3-5-12/h6H,1-5,7H2,(H2,10,11). The summed E-state index contributed by atoms with van der Waals surface area (Å²) in [5.74, 6) is 0.0991. The topological polar surface area (TPSA) is 75.8 Å². The number of rotatable bonds is 2. The fourth-order valence-corrected chi connectivity index (χ4v) is 2.99. The molecule has 15 heavy (non-hydrogen) atoms. The average molecular weight is 229 g/mol. The van der Waals surface area contributed by atoms with Gasteiger partial charge in [0.05, 0.1) is 4.91 Å². The summed E-state index contributed by atoms with van der Waals surface area (Å²) in [5.41, 5.74) is 5.38. The van der Waals surface area contributed by atoms with Gasteiger partial charge in [0.25, 0.3) is 10.0 Å². The van der Waals surface area contributed by atoms with Gasteiger partial charge in [0.1, 0.15) is 5.84 Å². The summed E-state index contributed by atoms with van der Waals surface area (Å²) in [6, 6.07) is 0. The normalized spacial score (nSPS) is 26.1. The van der Waals surface area contributed by atoms with Crippen LogP contribution in [0, 0.1) is 0 Å². The van der Waals surface area contributed by atoms with E-state index in [4.69, 9.17) is 5.73 Å². The number of likely N-dealkylation sites (tertiary alicyclic amines) is 1. The van der Waals surface area contributed by atoms with E-state index in [0.717, 1.165) is 25.9 Å². The summed E-state index contributed by atoms with van der Waals surface area (Å²) in [4.78, 5) is 2.47. The Morgan fingerprint density at radius 2 is 2.00 bits per heavy atom. The zero-order valence-electron chi connectivity index (χ0n) is 8.52. The lowest BCUT2D eigenvalue weighted by Gasteiger charge is -2.26. The minimum atomic E-state index is -3.45. The molecular weight excluding hydrogens is 214 g/mol.